The van der Waals surface area contributed by atoms with Crippen molar-refractivity contribution in [2.45, 2.75) is 25.5 Å². The van der Waals surface area contributed by atoms with Gasteiger partial charge in [0.2, 0.25) is 5.91 Å². The van der Waals surface area contributed by atoms with Crippen molar-refractivity contribution in [2.24, 2.45) is 0 Å². The van der Waals surface area contributed by atoms with Gasteiger partial charge in [0, 0.05) is 29.8 Å². The van der Waals surface area contributed by atoms with Crippen LogP contribution in [0.3, 0.4) is 0 Å². The van der Waals surface area contributed by atoms with Crippen molar-refractivity contribution < 1.29 is 9.59 Å². The molecule has 0 atom stereocenters. The molecule has 9 heteroatoms. The van der Waals surface area contributed by atoms with Gasteiger partial charge in [0.15, 0.2) is 16.8 Å². The van der Waals surface area contributed by atoms with Crippen LogP contribution >= 0.6 is 23.1 Å². The molecule has 1 amide bonds. The van der Waals surface area contributed by atoms with E-state index in [1.54, 1.807) is 18.5 Å². The number of aromatic nitrogens is 4. The van der Waals surface area contributed by atoms with Crippen LogP contribution in [0.1, 0.15) is 27.0 Å². The molecule has 0 aliphatic heterocycles. The first-order valence-corrected chi connectivity index (χ1v) is 11.7. The summed E-state index contributed by atoms with van der Waals surface area (Å²) in [5.41, 5.74) is 2.88. The van der Waals surface area contributed by atoms with Crippen LogP contribution in [0.25, 0.3) is 17.1 Å². The number of pyridine rings is 1. The van der Waals surface area contributed by atoms with Crippen LogP contribution in [-0.4, -0.2) is 37.2 Å². The van der Waals surface area contributed by atoms with Gasteiger partial charge in [-0.3, -0.25) is 19.1 Å². The number of ketones is 1. The predicted octanol–water partition coefficient (Wildman–Crippen LogP) is 4.31. The molecule has 32 heavy (non-hydrogen) atoms. The van der Waals surface area contributed by atoms with Crippen LogP contribution in [0.5, 0.6) is 0 Å². The van der Waals surface area contributed by atoms with Gasteiger partial charge in [-0.15, -0.1) is 21.5 Å². The Morgan fingerprint density at radius 3 is 2.69 bits per heavy atom. The summed E-state index contributed by atoms with van der Waals surface area (Å²) in [5, 5.41) is 12.2. The molecule has 7 nitrogen and oxygen atoms in total. The summed E-state index contributed by atoms with van der Waals surface area (Å²) in [4.78, 5) is 29.7. The average molecular weight is 464 g/mol. The summed E-state index contributed by atoms with van der Waals surface area (Å²) in [6.45, 7) is 3.93. The van der Waals surface area contributed by atoms with Crippen molar-refractivity contribution in [1.29, 1.82) is 0 Å². The van der Waals surface area contributed by atoms with Crippen molar-refractivity contribution in [1.82, 2.24) is 25.1 Å². The fraction of sp³-hybridized carbons (Fsp3) is 0.174. The number of para-hydroxylation sites is 1. The molecular formula is C23H21N5O2S2. The number of hydrogen-bond donors (Lipinski definition) is 1. The zero-order chi connectivity index (χ0) is 22.5. The van der Waals surface area contributed by atoms with Crippen molar-refractivity contribution in [3.63, 3.8) is 0 Å². The summed E-state index contributed by atoms with van der Waals surface area (Å²) < 4.78 is 1.97. The van der Waals surface area contributed by atoms with E-state index in [1.807, 2.05) is 54.0 Å². The van der Waals surface area contributed by atoms with Gasteiger partial charge in [-0.1, -0.05) is 30.0 Å². The van der Waals surface area contributed by atoms with Crippen LogP contribution in [0, 0.1) is 6.92 Å². The molecular weight excluding hydrogens is 442 g/mol. The highest BCUT2D eigenvalue weighted by Gasteiger charge is 2.19. The van der Waals surface area contributed by atoms with Gasteiger partial charge in [-0.25, -0.2) is 0 Å². The molecule has 0 aliphatic rings. The van der Waals surface area contributed by atoms with E-state index in [4.69, 9.17) is 0 Å². The summed E-state index contributed by atoms with van der Waals surface area (Å²) in [5.74, 6) is 0.825. The molecule has 4 aromatic rings. The third-order valence-corrected chi connectivity index (χ3v) is 6.75. The SMILES string of the molecule is CC(=O)NCc1ccc(C(=O)CSc2nnc(-c3cccnc3)n2-c2ccccc2C)s1. The van der Waals surface area contributed by atoms with Crippen molar-refractivity contribution >= 4 is 34.8 Å². The molecule has 0 spiro atoms. The third-order valence-electron chi connectivity index (χ3n) is 4.69. The highest BCUT2D eigenvalue weighted by atomic mass is 32.2. The molecule has 0 saturated heterocycles. The van der Waals surface area contributed by atoms with Crippen LogP contribution in [0.4, 0.5) is 0 Å². The van der Waals surface area contributed by atoms with Gasteiger partial charge < -0.3 is 5.32 Å². The number of nitrogens with one attached hydrogen (secondary N) is 1. The number of amides is 1. The largest absolute Gasteiger partial charge is 0.351 e. The number of rotatable bonds is 8. The second-order valence-corrected chi connectivity index (χ2v) is 9.17. The number of aryl methyl sites for hydroxylation is 1. The van der Waals surface area contributed by atoms with Crippen LogP contribution in [0.2, 0.25) is 0 Å². The molecule has 4 rings (SSSR count). The van der Waals surface area contributed by atoms with Crippen LogP contribution < -0.4 is 5.32 Å². The Kier molecular flexibility index (Phi) is 6.77. The van der Waals surface area contributed by atoms with Gasteiger partial charge in [-0.05, 0) is 42.8 Å². The molecule has 3 aromatic heterocycles. The molecule has 0 bridgehead atoms. The Balaban J connectivity index is 1.58. The Hall–Kier alpha value is -3.30. The Labute approximate surface area is 193 Å². The Bertz CT molecular complexity index is 1250. The van der Waals surface area contributed by atoms with Crippen LogP contribution in [0.15, 0.2) is 66.1 Å². The molecule has 0 saturated carbocycles. The molecule has 0 radical (unpaired) electrons. The van der Waals surface area contributed by atoms with E-state index in [2.05, 4.69) is 20.5 Å². The Morgan fingerprint density at radius 2 is 1.94 bits per heavy atom. The number of carbonyl (C=O) groups is 2. The molecule has 0 aliphatic carbocycles. The van der Waals surface area contributed by atoms with E-state index >= 15 is 0 Å². The number of Topliss-reactive ketones (excluding diaryl/α,β-unsaturated/α-hetero) is 1. The predicted molar refractivity (Wildman–Crippen MR) is 126 cm³/mol. The van der Waals surface area contributed by atoms with E-state index < -0.39 is 0 Å². The first kappa shape index (κ1) is 21.9. The minimum atomic E-state index is -0.0956. The highest BCUT2D eigenvalue weighted by Crippen LogP contribution is 2.30. The van der Waals surface area contributed by atoms with E-state index in [0.29, 0.717) is 22.4 Å². The van der Waals surface area contributed by atoms with E-state index in [1.165, 1.54) is 30.0 Å². The third kappa shape index (κ3) is 4.95. The first-order chi connectivity index (χ1) is 15.5. The summed E-state index contributed by atoms with van der Waals surface area (Å²) in [6.07, 6.45) is 3.47. The van der Waals surface area contributed by atoms with Gasteiger partial charge >= 0.3 is 0 Å². The zero-order valence-corrected chi connectivity index (χ0v) is 19.2. The molecule has 1 N–H and O–H groups in total. The monoisotopic (exact) mass is 463 g/mol. The zero-order valence-electron chi connectivity index (χ0n) is 17.6. The maximum atomic E-state index is 12.8. The Morgan fingerprint density at radius 1 is 1.09 bits per heavy atom. The number of carbonyl (C=O) groups excluding carboxylic acids is 2. The smallest absolute Gasteiger partial charge is 0.217 e. The van der Waals surface area contributed by atoms with Crippen molar-refractivity contribution in [2.75, 3.05) is 5.75 Å². The lowest BCUT2D eigenvalue weighted by atomic mass is 10.2. The quantitative estimate of drug-likeness (QED) is 0.309. The van der Waals surface area contributed by atoms with Crippen molar-refractivity contribution in [3.05, 3.63) is 76.2 Å². The van der Waals surface area contributed by atoms with Gasteiger partial charge in [0.25, 0.3) is 0 Å². The molecule has 0 unspecified atom stereocenters. The molecule has 162 valence electrons. The topological polar surface area (TPSA) is 89.8 Å². The number of nitrogens with zero attached hydrogens (tertiary/aromatic N) is 4. The lowest BCUT2D eigenvalue weighted by Gasteiger charge is -2.12. The summed E-state index contributed by atoms with van der Waals surface area (Å²) in [6, 6.07) is 15.5. The summed E-state index contributed by atoms with van der Waals surface area (Å²) in [7, 11) is 0. The number of thioether (sulfide) groups is 1. The second-order valence-electron chi connectivity index (χ2n) is 7.06. The maximum absolute atomic E-state index is 12.8. The molecule has 3 heterocycles. The van der Waals surface area contributed by atoms with Crippen LogP contribution in [-0.2, 0) is 11.3 Å². The minimum Gasteiger partial charge on any atom is -0.351 e. The average Bonchev–Trinajstić information content (AvgIpc) is 3.44. The fourth-order valence-corrected chi connectivity index (χ4v) is 4.92. The van der Waals surface area contributed by atoms with Gasteiger partial charge in [0.1, 0.15) is 0 Å². The molecule has 1 aromatic carbocycles. The van der Waals surface area contributed by atoms with E-state index in [-0.39, 0.29) is 17.4 Å². The number of hydrogen-bond acceptors (Lipinski definition) is 7. The lowest BCUT2D eigenvalue weighted by Crippen LogP contribution is -2.18. The number of benzene rings is 1. The minimum absolute atomic E-state index is 0.0105. The van der Waals surface area contributed by atoms with E-state index in [9.17, 15) is 9.59 Å². The van der Waals surface area contributed by atoms with E-state index in [0.717, 1.165) is 21.7 Å². The lowest BCUT2D eigenvalue weighted by molar-refractivity contribution is -0.119. The van der Waals surface area contributed by atoms with Gasteiger partial charge in [0.05, 0.1) is 22.9 Å². The fourth-order valence-electron chi connectivity index (χ4n) is 3.11. The highest BCUT2D eigenvalue weighted by molar-refractivity contribution is 7.99. The normalized spacial score (nSPS) is 10.8. The van der Waals surface area contributed by atoms with Crippen molar-refractivity contribution in [3.8, 4) is 17.1 Å². The number of thiophene rings is 1. The first-order valence-electron chi connectivity index (χ1n) is 9.94. The summed E-state index contributed by atoms with van der Waals surface area (Å²) >= 11 is 2.75. The maximum Gasteiger partial charge on any atom is 0.217 e. The van der Waals surface area contributed by atoms with Gasteiger partial charge in [-0.2, -0.15) is 0 Å². The standard InChI is InChI=1S/C23H21N5O2S2/c1-15-6-3-4-8-19(15)28-22(17-7-5-11-24-12-17)26-27-23(28)31-14-20(30)21-10-9-18(32-21)13-25-16(2)29/h3-12H,13-14H2,1-2H3,(H,25,29). The second kappa shape index (κ2) is 9.88. The molecule has 0 fully saturated rings.